The molecule has 1 saturated carbocycles. The van der Waals surface area contributed by atoms with Crippen molar-refractivity contribution >= 4 is 11.6 Å². The van der Waals surface area contributed by atoms with Gasteiger partial charge >= 0.3 is 0 Å². The molecule has 1 aromatic heterocycles. The van der Waals surface area contributed by atoms with Crippen LogP contribution in [-0.2, 0) is 6.54 Å². The van der Waals surface area contributed by atoms with E-state index in [0.717, 1.165) is 23.0 Å². The van der Waals surface area contributed by atoms with Gasteiger partial charge in [0.2, 0.25) is 0 Å². The van der Waals surface area contributed by atoms with Gasteiger partial charge in [-0.25, -0.2) is 0 Å². The minimum Gasteiger partial charge on any atom is -0.310 e. The molecule has 0 aliphatic heterocycles. The molecule has 0 amide bonds. The molecule has 0 radical (unpaired) electrons. The third-order valence-electron chi connectivity index (χ3n) is 3.33. The van der Waals surface area contributed by atoms with Crippen LogP contribution in [0.3, 0.4) is 0 Å². The van der Waals surface area contributed by atoms with Crippen LogP contribution in [-0.4, -0.2) is 11.0 Å². The van der Waals surface area contributed by atoms with Crippen molar-refractivity contribution in [3.63, 3.8) is 0 Å². The molecule has 0 aromatic carbocycles. The van der Waals surface area contributed by atoms with Crippen molar-refractivity contribution in [1.29, 1.82) is 0 Å². The summed E-state index contributed by atoms with van der Waals surface area (Å²) in [5.74, 6) is 0.866. The second-order valence-corrected chi connectivity index (χ2v) is 4.73. The van der Waals surface area contributed by atoms with E-state index in [9.17, 15) is 0 Å². The molecule has 1 aromatic rings. The average Bonchev–Trinajstić information content (AvgIpc) is 2.14. The number of nitrogens with one attached hydrogen (secondary N) is 1. The summed E-state index contributed by atoms with van der Waals surface area (Å²) in [6, 6.07) is 2.58. The van der Waals surface area contributed by atoms with Crippen LogP contribution >= 0.6 is 11.6 Å². The van der Waals surface area contributed by atoms with E-state index in [1.165, 1.54) is 19.3 Å². The Balaban J connectivity index is 1.84. The van der Waals surface area contributed by atoms with E-state index in [-0.39, 0.29) is 0 Å². The fourth-order valence-electron chi connectivity index (χ4n) is 1.92. The highest BCUT2D eigenvalue weighted by atomic mass is 35.5. The summed E-state index contributed by atoms with van der Waals surface area (Å²) in [5, 5.41) is 4.28. The van der Waals surface area contributed by atoms with E-state index in [0.29, 0.717) is 6.04 Å². The van der Waals surface area contributed by atoms with Crippen LogP contribution in [0.5, 0.6) is 0 Å². The number of hydrogen-bond donors (Lipinski definition) is 1. The lowest BCUT2D eigenvalue weighted by Gasteiger charge is -2.32. The number of halogens is 1. The molecule has 1 atom stereocenters. The molecule has 0 saturated heterocycles. The molecule has 2 nitrogen and oxygen atoms in total. The fraction of sp³-hybridized carbons (Fsp3) is 0.583. The summed E-state index contributed by atoms with van der Waals surface area (Å²) in [6.07, 6.45) is 7.63. The highest BCUT2D eigenvalue weighted by Gasteiger charge is 2.23. The second kappa shape index (κ2) is 4.95. The van der Waals surface area contributed by atoms with Crippen molar-refractivity contribution in [2.24, 2.45) is 5.92 Å². The summed E-state index contributed by atoms with van der Waals surface area (Å²) in [6.45, 7) is 3.11. The molecule has 1 fully saturated rings. The Kier molecular flexibility index (Phi) is 3.60. The summed E-state index contributed by atoms with van der Waals surface area (Å²) >= 11 is 6.03. The van der Waals surface area contributed by atoms with E-state index in [4.69, 9.17) is 11.6 Å². The van der Waals surface area contributed by atoms with Gasteiger partial charge in [-0.15, -0.1) is 0 Å². The number of pyridine rings is 1. The van der Waals surface area contributed by atoms with Crippen LogP contribution in [0.2, 0.25) is 5.02 Å². The monoisotopic (exact) mass is 224 g/mol. The Morgan fingerprint density at radius 1 is 1.60 bits per heavy atom. The van der Waals surface area contributed by atoms with Gasteiger partial charge in [-0.3, -0.25) is 4.98 Å². The summed E-state index contributed by atoms with van der Waals surface area (Å²) in [4.78, 5) is 3.97. The zero-order valence-corrected chi connectivity index (χ0v) is 9.80. The molecule has 0 bridgehead atoms. The normalized spacial score (nSPS) is 18.5. The van der Waals surface area contributed by atoms with Gasteiger partial charge < -0.3 is 5.32 Å². The lowest BCUT2D eigenvalue weighted by molar-refractivity contribution is 0.240. The molecular weight excluding hydrogens is 208 g/mol. The lowest BCUT2D eigenvalue weighted by atomic mass is 9.80. The van der Waals surface area contributed by atoms with Gasteiger partial charge in [-0.05, 0) is 37.3 Å². The number of hydrogen-bond acceptors (Lipinski definition) is 2. The van der Waals surface area contributed by atoms with E-state index < -0.39 is 0 Å². The zero-order valence-electron chi connectivity index (χ0n) is 9.04. The molecule has 1 unspecified atom stereocenters. The number of aromatic nitrogens is 1. The Morgan fingerprint density at radius 2 is 2.40 bits per heavy atom. The second-order valence-electron chi connectivity index (χ2n) is 4.33. The van der Waals surface area contributed by atoms with Crippen LogP contribution in [0.15, 0.2) is 18.5 Å². The van der Waals surface area contributed by atoms with Crippen molar-refractivity contribution in [2.45, 2.75) is 38.8 Å². The average molecular weight is 225 g/mol. The standard InChI is InChI=1S/C12H17ClN2/c1-9(10-3-2-4-10)15-7-11-5-6-14-8-12(11)13/h5-6,8-10,15H,2-4,7H2,1H3. The molecule has 1 N–H and O–H groups in total. The van der Waals surface area contributed by atoms with Crippen molar-refractivity contribution < 1.29 is 0 Å². The Bertz CT molecular complexity index is 323. The maximum Gasteiger partial charge on any atom is 0.0634 e. The van der Waals surface area contributed by atoms with Crippen LogP contribution < -0.4 is 5.32 Å². The molecule has 1 aliphatic rings. The van der Waals surface area contributed by atoms with Crippen LogP contribution in [0.25, 0.3) is 0 Å². The molecule has 82 valence electrons. The Labute approximate surface area is 96.1 Å². The predicted molar refractivity (Wildman–Crippen MR) is 62.9 cm³/mol. The minimum atomic E-state index is 0.600. The largest absolute Gasteiger partial charge is 0.310 e. The van der Waals surface area contributed by atoms with E-state index in [1.54, 1.807) is 12.4 Å². The van der Waals surface area contributed by atoms with Gasteiger partial charge in [-0.1, -0.05) is 18.0 Å². The molecule has 2 rings (SSSR count). The molecule has 1 heterocycles. The maximum atomic E-state index is 6.03. The Morgan fingerprint density at radius 3 is 3.00 bits per heavy atom. The SMILES string of the molecule is CC(NCc1ccncc1Cl)C1CCC1. The first-order valence-electron chi connectivity index (χ1n) is 5.59. The molecule has 0 spiro atoms. The van der Waals surface area contributed by atoms with Crippen LogP contribution in [0.4, 0.5) is 0 Å². The third kappa shape index (κ3) is 2.70. The van der Waals surface area contributed by atoms with Crippen molar-refractivity contribution in [1.82, 2.24) is 10.3 Å². The topological polar surface area (TPSA) is 24.9 Å². The van der Waals surface area contributed by atoms with Crippen molar-refractivity contribution in [3.05, 3.63) is 29.0 Å². The minimum absolute atomic E-state index is 0.600. The smallest absolute Gasteiger partial charge is 0.0634 e. The molecular formula is C12H17ClN2. The van der Waals surface area contributed by atoms with E-state index in [1.807, 2.05) is 6.07 Å². The van der Waals surface area contributed by atoms with E-state index in [2.05, 4.69) is 17.2 Å². The highest BCUT2D eigenvalue weighted by Crippen LogP contribution is 2.29. The maximum absolute atomic E-state index is 6.03. The Hall–Kier alpha value is -0.600. The van der Waals surface area contributed by atoms with E-state index >= 15 is 0 Å². The quantitative estimate of drug-likeness (QED) is 0.851. The molecule has 3 heteroatoms. The molecule has 15 heavy (non-hydrogen) atoms. The first-order valence-corrected chi connectivity index (χ1v) is 5.97. The van der Waals surface area contributed by atoms with Gasteiger partial charge in [0.1, 0.15) is 0 Å². The van der Waals surface area contributed by atoms with Crippen LogP contribution in [0, 0.1) is 5.92 Å². The summed E-state index contributed by atoms with van der Waals surface area (Å²) < 4.78 is 0. The van der Waals surface area contributed by atoms with Crippen LogP contribution in [0.1, 0.15) is 31.7 Å². The molecule has 1 aliphatic carbocycles. The lowest BCUT2D eigenvalue weighted by Crippen LogP contribution is -2.36. The summed E-state index contributed by atoms with van der Waals surface area (Å²) in [5.41, 5.74) is 1.14. The van der Waals surface area contributed by atoms with Crippen molar-refractivity contribution in [3.8, 4) is 0 Å². The highest BCUT2D eigenvalue weighted by molar-refractivity contribution is 6.31. The fourth-order valence-corrected chi connectivity index (χ4v) is 2.11. The summed E-state index contributed by atoms with van der Waals surface area (Å²) in [7, 11) is 0. The first-order chi connectivity index (χ1) is 7.27. The number of nitrogens with zero attached hydrogens (tertiary/aromatic N) is 1. The van der Waals surface area contributed by atoms with Gasteiger partial charge in [0.15, 0.2) is 0 Å². The predicted octanol–water partition coefficient (Wildman–Crippen LogP) is 3.01. The van der Waals surface area contributed by atoms with Gasteiger partial charge in [-0.2, -0.15) is 0 Å². The van der Waals surface area contributed by atoms with Gasteiger partial charge in [0.25, 0.3) is 0 Å². The first kappa shape index (κ1) is 10.9. The van der Waals surface area contributed by atoms with Gasteiger partial charge in [0.05, 0.1) is 5.02 Å². The zero-order chi connectivity index (χ0) is 10.7. The number of rotatable bonds is 4. The van der Waals surface area contributed by atoms with Gasteiger partial charge in [0, 0.05) is 25.0 Å². The van der Waals surface area contributed by atoms with Crippen molar-refractivity contribution in [2.75, 3.05) is 0 Å². The third-order valence-corrected chi connectivity index (χ3v) is 3.67.